The number of nitrogens with two attached hydrogens (primary N) is 1. The van der Waals surface area contributed by atoms with Crippen LogP contribution in [0.25, 0.3) is 0 Å². The van der Waals surface area contributed by atoms with Gasteiger partial charge in [-0.15, -0.1) is 11.3 Å². The summed E-state index contributed by atoms with van der Waals surface area (Å²) in [5.74, 6) is -0.332. The zero-order valence-corrected chi connectivity index (χ0v) is 19.0. The van der Waals surface area contributed by atoms with Crippen molar-refractivity contribution in [2.45, 2.75) is 31.6 Å². The summed E-state index contributed by atoms with van der Waals surface area (Å²) < 4.78 is 10.8. The lowest BCUT2D eigenvalue weighted by Gasteiger charge is -2.29. The van der Waals surface area contributed by atoms with Crippen molar-refractivity contribution in [3.05, 3.63) is 64.3 Å². The van der Waals surface area contributed by atoms with Gasteiger partial charge in [-0.25, -0.2) is 9.97 Å². The Hall–Kier alpha value is -3.44. The minimum atomic E-state index is -1.14. The maximum absolute atomic E-state index is 13.3. The van der Waals surface area contributed by atoms with Crippen LogP contribution in [-0.2, 0) is 11.2 Å². The number of aromatic nitrogens is 2. The van der Waals surface area contributed by atoms with Crippen LogP contribution >= 0.6 is 11.3 Å². The van der Waals surface area contributed by atoms with E-state index in [1.165, 1.54) is 36.8 Å². The molecule has 1 aromatic carbocycles. The fraction of sp³-hybridized carbons (Fsp3) is 0.273. The third kappa shape index (κ3) is 4.99. The van der Waals surface area contributed by atoms with Crippen LogP contribution in [0.3, 0.4) is 0 Å². The number of rotatable bonds is 7. The van der Waals surface area contributed by atoms with Crippen molar-refractivity contribution in [3.63, 3.8) is 0 Å². The second-order valence-electron chi connectivity index (χ2n) is 7.81. The van der Waals surface area contributed by atoms with Gasteiger partial charge in [-0.05, 0) is 30.5 Å². The first-order valence-electron chi connectivity index (χ1n) is 10.3. The van der Waals surface area contributed by atoms with Gasteiger partial charge in [0, 0.05) is 35.4 Å². The Balaban J connectivity index is 1.55. The van der Waals surface area contributed by atoms with Gasteiger partial charge in [-0.1, -0.05) is 18.2 Å². The number of nitrogens with one attached hydrogen (secondary N) is 1. The first-order valence-corrected chi connectivity index (χ1v) is 11.2. The molecule has 1 unspecified atom stereocenters. The number of aryl methyl sites for hydroxylation is 1. The van der Waals surface area contributed by atoms with Crippen molar-refractivity contribution >= 4 is 35.3 Å². The van der Waals surface area contributed by atoms with Crippen LogP contribution in [0.15, 0.2) is 41.9 Å². The van der Waals surface area contributed by atoms with Gasteiger partial charge in [-0.3, -0.25) is 9.59 Å². The quantitative estimate of drug-likeness (QED) is 0.452. The third-order valence-electron chi connectivity index (χ3n) is 5.52. The van der Waals surface area contributed by atoms with Gasteiger partial charge in [0.05, 0.1) is 12.8 Å². The Morgan fingerprint density at radius 1 is 1.42 bits per heavy atom. The van der Waals surface area contributed by atoms with Gasteiger partial charge < -0.3 is 25.5 Å². The van der Waals surface area contributed by atoms with Crippen LogP contribution in [0, 0.1) is 6.92 Å². The molecule has 0 bridgehead atoms. The monoisotopic (exact) mass is 466 g/mol. The van der Waals surface area contributed by atoms with Crippen molar-refractivity contribution in [1.29, 1.82) is 0 Å². The van der Waals surface area contributed by atoms with Crippen molar-refractivity contribution in [2.24, 2.45) is 0 Å². The maximum atomic E-state index is 13.3. The molecule has 0 fully saturated rings. The zero-order chi connectivity index (χ0) is 23.5. The maximum Gasteiger partial charge on any atom is 0.526 e. The number of Topliss-reactive ketones (excluding diaryl/α,β-unsaturated/α-hetero) is 1. The molecular weight excluding hydrogens is 443 g/mol. The van der Waals surface area contributed by atoms with Gasteiger partial charge in [0.2, 0.25) is 5.88 Å². The number of ketones is 1. The highest BCUT2D eigenvalue weighted by Gasteiger charge is 2.38. The van der Waals surface area contributed by atoms with Crippen molar-refractivity contribution < 1.29 is 24.0 Å². The fourth-order valence-electron chi connectivity index (χ4n) is 3.82. The van der Waals surface area contributed by atoms with E-state index < -0.39 is 24.9 Å². The van der Waals surface area contributed by atoms with Crippen molar-refractivity contribution in [2.75, 3.05) is 12.8 Å². The number of hydrogen-bond acceptors (Lipinski definition) is 9. The number of methoxy groups -OCH3 is 1. The average Bonchev–Trinajstić information content (AvgIpc) is 3.24. The summed E-state index contributed by atoms with van der Waals surface area (Å²) in [6.07, 6.45) is 1.91. The molecule has 4 rings (SSSR count). The lowest BCUT2D eigenvalue weighted by Crippen LogP contribution is -2.39. The Morgan fingerprint density at radius 2 is 2.24 bits per heavy atom. The zero-order valence-electron chi connectivity index (χ0n) is 18.1. The summed E-state index contributed by atoms with van der Waals surface area (Å²) in [7, 11) is 0.315. The molecule has 11 heteroatoms. The molecule has 9 nitrogen and oxygen atoms in total. The van der Waals surface area contributed by atoms with E-state index in [4.69, 9.17) is 15.1 Å². The van der Waals surface area contributed by atoms with E-state index >= 15 is 0 Å². The van der Waals surface area contributed by atoms with E-state index in [1.807, 2.05) is 25.1 Å². The number of thiazole rings is 1. The normalized spacial score (nSPS) is 15.8. The van der Waals surface area contributed by atoms with Crippen LogP contribution in [0.1, 0.15) is 39.6 Å². The molecule has 3 heterocycles. The number of ether oxygens (including phenoxy) is 1. The minimum Gasteiger partial charge on any atom is -0.536 e. The van der Waals surface area contributed by atoms with Crippen LogP contribution < -0.4 is 20.4 Å². The van der Waals surface area contributed by atoms with E-state index in [9.17, 15) is 14.6 Å². The Morgan fingerprint density at radius 3 is 2.97 bits per heavy atom. The topological polar surface area (TPSA) is 137 Å². The predicted molar refractivity (Wildman–Crippen MR) is 124 cm³/mol. The van der Waals surface area contributed by atoms with Gasteiger partial charge >= 0.3 is 7.12 Å². The number of anilines is 1. The number of carbonyl (C=O) groups excluding carboxylic acids is 2. The molecule has 0 saturated heterocycles. The summed E-state index contributed by atoms with van der Waals surface area (Å²) in [6, 6.07) is 7.71. The van der Waals surface area contributed by atoms with Crippen LogP contribution in [0.2, 0.25) is 5.82 Å². The summed E-state index contributed by atoms with van der Waals surface area (Å²) in [5, 5.41) is 15.2. The molecule has 2 aromatic heterocycles. The van der Waals surface area contributed by atoms with Crippen molar-refractivity contribution in [1.82, 2.24) is 15.3 Å². The number of para-hydroxylation sites is 1. The molecular formula is C22H23BN4O5S. The van der Waals surface area contributed by atoms with Crippen molar-refractivity contribution in [3.8, 4) is 11.6 Å². The summed E-state index contributed by atoms with van der Waals surface area (Å²) >= 11 is 1.18. The predicted octanol–water partition coefficient (Wildman–Crippen LogP) is 2.35. The summed E-state index contributed by atoms with van der Waals surface area (Å²) in [4.78, 5) is 34.4. The van der Waals surface area contributed by atoms with E-state index in [-0.39, 0.29) is 28.8 Å². The Bertz CT molecular complexity index is 1190. The van der Waals surface area contributed by atoms with E-state index in [2.05, 4.69) is 15.3 Å². The molecule has 1 amide bonds. The third-order valence-corrected chi connectivity index (χ3v) is 6.21. The van der Waals surface area contributed by atoms with E-state index in [0.29, 0.717) is 17.9 Å². The number of nitrogen functional groups attached to an aromatic ring is 1. The highest BCUT2D eigenvalue weighted by Crippen LogP contribution is 2.37. The highest BCUT2D eigenvalue weighted by molar-refractivity contribution is 7.13. The standard InChI is InChI=1S/C22H23BN4O5S/c1-12-4-3-5-13-8-15(23(30)32-20(12)13)10-17(28)19(16-11-33-22(24)26-16)27-21(29)14-6-7-25-18(9-14)31-2/h3-7,9,11,15,19,30H,8,10H2,1-2H3,(H2,24,26)(H,27,29)/t15-,19?/m1/s1. The molecule has 0 aliphatic carbocycles. The Kier molecular flexibility index (Phi) is 6.61. The molecule has 0 radical (unpaired) electrons. The molecule has 1 aliphatic heterocycles. The number of benzene rings is 1. The highest BCUT2D eigenvalue weighted by atomic mass is 32.1. The smallest absolute Gasteiger partial charge is 0.526 e. The second kappa shape index (κ2) is 9.59. The molecule has 170 valence electrons. The summed E-state index contributed by atoms with van der Waals surface area (Å²) in [6.45, 7) is 1.91. The molecule has 33 heavy (non-hydrogen) atoms. The number of carbonyl (C=O) groups is 2. The van der Waals surface area contributed by atoms with Gasteiger partial charge in [-0.2, -0.15) is 0 Å². The van der Waals surface area contributed by atoms with Gasteiger partial charge in [0.1, 0.15) is 11.8 Å². The molecule has 4 N–H and O–H groups in total. The van der Waals surface area contributed by atoms with E-state index in [1.54, 1.807) is 5.38 Å². The molecule has 3 aromatic rings. The molecule has 2 atom stereocenters. The number of hydrogen-bond donors (Lipinski definition) is 3. The van der Waals surface area contributed by atoms with Crippen LogP contribution in [0.5, 0.6) is 11.6 Å². The SMILES string of the molecule is COc1cc(C(=O)NC(C(=O)C[C@H]2Cc3cccc(C)c3OB2O)c2csc(N)n2)ccn1. The largest absolute Gasteiger partial charge is 0.536 e. The van der Waals surface area contributed by atoms with Gasteiger partial charge in [0.25, 0.3) is 5.91 Å². The lowest BCUT2D eigenvalue weighted by atomic mass is 9.64. The number of nitrogens with zero attached hydrogens (tertiary/aromatic N) is 2. The number of fused-ring (bicyclic) bond motifs is 1. The first-order chi connectivity index (χ1) is 15.9. The number of amides is 1. The summed E-state index contributed by atoms with van der Waals surface area (Å²) in [5.41, 5.74) is 8.25. The second-order valence-corrected chi connectivity index (χ2v) is 8.70. The first kappa shape index (κ1) is 22.7. The molecule has 0 saturated carbocycles. The number of pyridine rings is 1. The van der Waals surface area contributed by atoms with Crippen LogP contribution in [-0.4, -0.2) is 40.9 Å². The Labute approximate surface area is 195 Å². The van der Waals surface area contributed by atoms with Crippen LogP contribution in [0.4, 0.5) is 5.13 Å². The fourth-order valence-corrected chi connectivity index (χ4v) is 4.41. The van der Waals surface area contributed by atoms with Gasteiger partial charge in [0.15, 0.2) is 10.9 Å². The van der Waals surface area contributed by atoms with E-state index in [0.717, 1.165) is 11.1 Å². The molecule has 0 spiro atoms. The minimum absolute atomic E-state index is 0.0173. The average molecular weight is 466 g/mol. The lowest BCUT2D eigenvalue weighted by molar-refractivity contribution is -0.121. The molecule has 1 aliphatic rings.